The van der Waals surface area contributed by atoms with E-state index in [4.69, 9.17) is 11.6 Å². The third-order valence-electron chi connectivity index (χ3n) is 8.34. The molecule has 1 saturated carbocycles. The molecule has 13 heteroatoms. The maximum Gasteiger partial charge on any atom is 0.471 e. The van der Waals surface area contributed by atoms with E-state index in [1.54, 1.807) is 18.2 Å². The second-order valence-corrected chi connectivity index (χ2v) is 12.7. The molecule has 1 aromatic rings. The average Bonchev–Trinajstić information content (AvgIpc) is 3.16. The number of nitriles is 1. The number of amides is 4. The number of rotatable bonds is 6. The zero-order chi connectivity index (χ0) is 29.9. The molecule has 1 saturated heterocycles. The van der Waals surface area contributed by atoms with E-state index in [1.165, 1.54) is 25.7 Å². The molecule has 0 bridgehead atoms. The molecule has 216 valence electrons. The normalized spacial score (nSPS) is 26.1. The Morgan fingerprint density at radius 3 is 2.45 bits per heavy atom. The van der Waals surface area contributed by atoms with Crippen molar-refractivity contribution in [3.63, 3.8) is 0 Å². The van der Waals surface area contributed by atoms with Crippen LogP contribution in [0.15, 0.2) is 18.2 Å². The summed E-state index contributed by atoms with van der Waals surface area (Å²) in [5.74, 6) is -5.17. The van der Waals surface area contributed by atoms with Crippen LogP contribution in [0.2, 0.25) is 5.02 Å². The molecule has 2 fully saturated rings. The molecule has 1 aliphatic carbocycles. The van der Waals surface area contributed by atoms with Crippen LogP contribution in [0, 0.1) is 34.0 Å². The van der Waals surface area contributed by atoms with Crippen molar-refractivity contribution in [2.75, 3.05) is 11.9 Å². The second kappa shape index (κ2) is 9.94. The number of alkyl halides is 3. The van der Waals surface area contributed by atoms with Crippen molar-refractivity contribution >= 4 is 40.9 Å². The van der Waals surface area contributed by atoms with E-state index < -0.39 is 53.4 Å². The lowest BCUT2D eigenvalue weighted by molar-refractivity contribution is -0.176. The predicted octanol–water partition coefficient (Wildman–Crippen LogP) is 3.35. The summed E-state index contributed by atoms with van der Waals surface area (Å²) in [6.07, 6.45) is -5.24. The Hall–Kier alpha value is -3.33. The molecule has 4 rings (SSSR count). The van der Waals surface area contributed by atoms with Crippen molar-refractivity contribution in [3.05, 3.63) is 28.8 Å². The molecular weight excluding hydrogens is 551 g/mol. The van der Waals surface area contributed by atoms with Gasteiger partial charge < -0.3 is 20.9 Å². The van der Waals surface area contributed by atoms with Gasteiger partial charge in [-0.1, -0.05) is 58.4 Å². The molecule has 9 nitrogen and oxygen atoms in total. The van der Waals surface area contributed by atoms with Gasteiger partial charge in [-0.3, -0.25) is 19.2 Å². The molecule has 0 spiro atoms. The molecule has 3 aliphatic rings. The van der Waals surface area contributed by atoms with E-state index in [0.29, 0.717) is 16.3 Å². The summed E-state index contributed by atoms with van der Waals surface area (Å²) in [4.78, 5) is 52.8. The van der Waals surface area contributed by atoms with Gasteiger partial charge in [0, 0.05) is 6.54 Å². The zero-order valence-electron chi connectivity index (χ0n) is 22.6. The summed E-state index contributed by atoms with van der Waals surface area (Å²) in [5, 5.41) is 17.3. The number of piperidine rings is 1. The topological polar surface area (TPSA) is 131 Å². The molecule has 4 amide bonds. The first-order chi connectivity index (χ1) is 18.4. The standard InChI is InChI=1S/C27H31ClF3N5O4/c1-25(2,3)20(35-24(40)27(29,30)31)23(39)36-11-15-17(26(15,4)5)19(36)22(38)33-12(10-32)9-14-13-7-6-8-16(28)18(13)34-21(14)37/h6-8,12,14-15,17,19-20H,9,11H2,1-5H3,(H,33,38)(H,34,37)(H,35,40)/t12-,14?,15-,17-,19-,20+/m0/s1. The van der Waals surface area contributed by atoms with Gasteiger partial charge in [-0.2, -0.15) is 18.4 Å². The highest BCUT2D eigenvalue weighted by molar-refractivity contribution is 6.34. The van der Waals surface area contributed by atoms with Gasteiger partial charge in [0.2, 0.25) is 17.7 Å². The Morgan fingerprint density at radius 2 is 1.88 bits per heavy atom. The minimum absolute atomic E-state index is 0.0498. The predicted molar refractivity (Wildman–Crippen MR) is 139 cm³/mol. The summed E-state index contributed by atoms with van der Waals surface area (Å²) < 4.78 is 39.1. The van der Waals surface area contributed by atoms with E-state index in [0.717, 1.165) is 0 Å². The van der Waals surface area contributed by atoms with Crippen LogP contribution >= 0.6 is 11.6 Å². The van der Waals surface area contributed by atoms with Gasteiger partial charge in [-0.15, -0.1) is 0 Å². The van der Waals surface area contributed by atoms with Gasteiger partial charge >= 0.3 is 12.1 Å². The maximum absolute atomic E-state index is 13.6. The first-order valence-electron chi connectivity index (χ1n) is 12.9. The molecule has 2 heterocycles. The summed E-state index contributed by atoms with van der Waals surface area (Å²) >= 11 is 6.17. The molecule has 0 radical (unpaired) electrons. The molecule has 1 unspecified atom stereocenters. The molecule has 6 atom stereocenters. The molecule has 2 aliphatic heterocycles. The fourth-order valence-corrected chi connectivity index (χ4v) is 6.26. The van der Waals surface area contributed by atoms with Crippen LogP contribution in [0.4, 0.5) is 18.9 Å². The number of nitrogens with zero attached hydrogens (tertiary/aromatic N) is 2. The van der Waals surface area contributed by atoms with E-state index >= 15 is 0 Å². The number of halogens is 4. The zero-order valence-corrected chi connectivity index (χ0v) is 23.4. The molecule has 40 heavy (non-hydrogen) atoms. The van der Waals surface area contributed by atoms with Crippen LogP contribution in [-0.2, 0) is 19.2 Å². The number of carbonyl (C=O) groups excluding carboxylic acids is 4. The van der Waals surface area contributed by atoms with Crippen LogP contribution in [0.25, 0.3) is 0 Å². The van der Waals surface area contributed by atoms with Gasteiger partial charge in [0.1, 0.15) is 18.1 Å². The Labute approximate surface area is 234 Å². The number of nitrogens with one attached hydrogen (secondary N) is 3. The van der Waals surface area contributed by atoms with Crippen molar-refractivity contribution in [3.8, 4) is 6.07 Å². The largest absolute Gasteiger partial charge is 0.471 e. The van der Waals surface area contributed by atoms with Crippen LogP contribution < -0.4 is 16.0 Å². The number of likely N-dealkylation sites (tertiary alicyclic amines) is 1. The summed E-state index contributed by atoms with van der Waals surface area (Å²) in [5.41, 5.74) is -0.358. The van der Waals surface area contributed by atoms with E-state index in [2.05, 4.69) is 10.6 Å². The molecular formula is C27H31ClF3N5O4. The highest BCUT2D eigenvalue weighted by Gasteiger charge is 2.70. The third kappa shape index (κ3) is 5.23. The number of fused-ring (bicyclic) bond motifs is 2. The number of carbonyl (C=O) groups is 4. The molecule has 3 N–H and O–H groups in total. The minimum Gasteiger partial charge on any atom is -0.339 e. The number of hydrogen-bond acceptors (Lipinski definition) is 5. The SMILES string of the molecule is CC(C)(C)[C@H](NC(=O)C(F)(F)F)C(=O)N1C[C@H]2[C@@H]([C@H]1C(=O)N[C@H](C#N)CC1C(=O)Nc3c(Cl)cccc31)C2(C)C. The molecule has 0 aromatic heterocycles. The number of para-hydroxylation sites is 1. The summed E-state index contributed by atoms with van der Waals surface area (Å²) in [6, 6.07) is 3.29. The first-order valence-corrected chi connectivity index (χ1v) is 13.2. The van der Waals surface area contributed by atoms with Gasteiger partial charge in [-0.25, -0.2) is 0 Å². The maximum atomic E-state index is 13.6. The van der Waals surface area contributed by atoms with Crippen LogP contribution in [0.1, 0.15) is 52.5 Å². The van der Waals surface area contributed by atoms with E-state index in [1.807, 2.05) is 25.2 Å². The number of anilines is 1. The minimum atomic E-state index is -5.19. The Kier molecular flexibility index (Phi) is 7.37. The van der Waals surface area contributed by atoms with Gasteiger partial charge in [0.15, 0.2) is 0 Å². The van der Waals surface area contributed by atoms with Gasteiger partial charge in [0.05, 0.1) is 22.7 Å². The van der Waals surface area contributed by atoms with Gasteiger partial charge in [-0.05, 0) is 40.7 Å². The number of hydrogen-bond donors (Lipinski definition) is 3. The third-order valence-corrected chi connectivity index (χ3v) is 8.65. The van der Waals surface area contributed by atoms with Crippen LogP contribution in [0.3, 0.4) is 0 Å². The lowest BCUT2D eigenvalue weighted by atomic mass is 9.85. The second-order valence-electron chi connectivity index (χ2n) is 12.3. The lowest BCUT2D eigenvalue weighted by Crippen LogP contribution is -2.61. The van der Waals surface area contributed by atoms with Crippen molar-refractivity contribution < 1.29 is 32.3 Å². The highest BCUT2D eigenvalue weighted by atomic mass is 35.5. The Morgan fingerprint density at radius 1 is 1.23 bits per heavy atom. The fourth-order valence-electron chi connectivity index (χ4n) is 6.03. The van der Waals surface area contributed by atoms with Crippen molar-refractivity contribution in [2.45, 2.75) is 71.3 Å². The van der Waals surface area contributed by atoms with E-state index in [9.17, 15) is 37.6 Å². The van der Waals surface area contributed by atoms with Crippen LogP contribution in [0.5, 0.6) is 0 Å². The fraction of sp³-hybridized carbons (Fsp3) is 0.593. The summed E-state index contributed by atoms with van der Waals surface area (Å²) in [7, 11) is 0. The average molecular weight is 582 g/mol. The first kappa shape index (κ1) is 29.6. The lowest BCUT2D eigenvalue weighted by Gasteiger charge is -2.37. The quantitative estimate of drug-likeness (QED) is 0.474. The Balaban J connectivity index is 1.55. The monoisotopic (exact) mass is 581 g/mol. The van der Waals surface area contributed by atoms with E-state index in [-0.39, 0.29) is 36.1 Å². The highest BCUT2D eigenvalue weighted by Crippen LogP contribution is 2.65. The molecule has 1 aromatic carbocycles. The summed E-state index contributed by atoms with van der Waals surface area (Å²) in [6.45, 7) is 8.54. The van der Waals surface area contributed by atoms with Crippen molar-refractivity contribution in [1.82, 2.24) is 15.5 Å². The van der Waals surface area contributed by atoms with Crippen molar-refractivity contribution in [1.29, 1.82) is 5.26 Å². The smallest absolute Gasteiger partial charge is 0.339 e. The van der Waals surface area contributed by atoms with Crippen molar-refractivity contribution in [2.24, 2.45) is 22.7 Å². The number of benzene rings is 1. The van der Waals surface area contributed by atoms with Crippen LogP contribution in [-0.4, -0.2) is 59.4 Å². The van der Waals surface area contributed by atoms with Gasteiger partial charge in [0.25, 0.3) is 0 Å². The Bertz CT molecular complexity index is 1300.